The van der Waals surface area contributed by atoms with Gasteiger partial charge >= 0.3 is 5.97 Å². The summed E-state index contributed by atoms with van der Waals surface area (Å²) in [5.74, 6) is -0.344. The number of hydrogen-bond donors (Lipinski definition) is 2. The van der Waals surface area contributed by atoms with Gasteiger partial charge in [0.15, 0.2) is 5.11 Å². The summed E-state index contributed by atoms with van der Waals surface area (Å²) in [5.41, 5.74) is 1.31. The van der Waals surface area contributed by atoms with Crippen LogP contribution in [-0.4, -0.2) is 18.2 Å². The molecule has 6 heteroatoms. The van der Waals surface area contributed by atoms with Gasteiger partial charge in [-0.2, -0.15) is 0 Å². The number of ether oxygens (including phenoxy) is 1. The summed E-state index contributed by atoms with van der Waals surface area (Å²) in [7, 11) is 1.38. The summed E-state index contributed by atoms with van der Waals surface area (Å²) in [4.78, 5) is 12.8. The van der Waals surface area contributed by atoms with E-state index in [1.165, 1.54) is 7.11 Å². The van der Waals surface area contributed by atoms with Crippen LogP contribution in [0.25, 0.3) is 0 Å². The Morgan fingerprint density at radius 1 is 1.59 bits per heavy atom. The Labute approximate surface area is 109 Å². The second-order valence-corrected chi connectivity index (χ2v) is 4.96. The molecule has 0 fully saturated rings. The van der Waals surface area contributed by atoms with Crippen LogP contribution in [0.3, 0.4) is 0 Å². The lowest BCUT2D eigenvalue weighted by atomic mass is 10.0. The summed E-state index contributed by atoms with van der Waals surface area (Å²) in [6, 6.07) is 3.68. The van der Waals surface area contributed by atoms with E-state index in [0.717, 1.165) is 10.6 Å². The fraction of sp³-hybridized carbons (Fsp3) is 0.273. The first-order valence-corrected chi connectivity index (χ1v) is 6.32. The summed E-state index contributed by atoms with van der Waals surface area (Å²) in [6.07, 6.45) is 0. The zero-order valence-corrected chi connectivity index (χ0v) is 11.1. The van der Waals surface area contributed by atoms with E-state index in [0.29, 0.717) is 10.7 Å². The largest absolute Gasteiger partial charge is 0.466 e. The average molecular weight is 268 g/mol. The lowest BCUT2D eigenvalue weighted by Crippen LogP contribution is -2.44. The van der Waals surface area contributed by atoms with Crippen molar-refractivity contribution in [3.05, 3.63) is 33.7 Å². The van der Waals surface area contributed by atoms with Gasteiger partial charge in [-0.25, -0.2) is 4.79 Å². The fourth-order valence-electron chi connectivity index (χ4n) is 1.74. The molecule has 2 rings (SSSR count). The summed E-state index contributed by atoms with van der Waals surface area (Å²) in [5, 5.41) is 8.51. The Kier molecular flexibility index (Phi) is 3.44. The van der Waals surface area contributed by atoms with Crippen LogP contribution < -0.4 is 10.6 Å². The van der Waals surface area contributed by atoms with Crippen LogP contribution in [0.4, 0.5) is 0 Å². The summed E-state index contributed by atoms with van der Waals surface area (Å²) in [6.45, 7) is 1.82. The van der Waals surface area contributed by atoms with E-state index in [-0.39, 0.29) is 12.0 Å². The maximum Gasteiger partial charge on any atom is 0.337 e. The molecule has 1 aromatic heterocycles. The van der Waals surface area contributed by atoms with Crippen molar-refractivity contribution in [1.29, 1.82) is 0 Å². The van der Waals surface area contributed by atoms with Crippen LogP contribution in [0.15, 0.2) is 28.8 Å². The van der Waals surface area contributed by atoms with E-state index < -0.39 is 0 Å². The minimum atomic E-state index is -0.344. The molecule has 2 heterocycles. The number of nitrogens with one attached hydrogen (secondary N) is 2. The molecule has 4 nitrogen and oxygen atoms in total. The van der Waals surface area contributed by atoms with E-state index >= 15 is 0 Å². The van der Waals surface area contributed by atoms with Crippen molar-refractivity contribution in [2.75, 3.05) is 7.11 Å². The van der Waals surface area contributed by atoms with Crippen molar-refractivity contribution in [2.45, 2.75) is 13.0 Å². The normalized spacial score (nSPS) is 19.6. The molecule has 0 amide bonds. The second-order valence-electron chi connectivity index (χ2n) is 3.58. The predicted octanol–water partition coefficient (Wildman–Crippen LogP) is 1.71. The monoisotopic (exact) mass is 268 g/mol. The molecule has 2 N–H and O–H groups in total. The molecule has 90 valence electrons. The van der Waals surface area contributed by atoms with Gasteiger partial charge in [-0.15, -0.1) is 11.3 Å². The van der Waals surface area contributed by atoms with Crippen molar-refractivity contribution in [2.24, 2.45) is 0 Å². The van der Waals surface area contributed by atoms with Crippen LogP contribution in [-0.2, 0) is 9.53 Å². The number of rotatable bonds is 2. The zero-order chi connectivity index (χ0) is 12.4. The van der Waals surface area contributed by atoms with Crippen molar-refractivity contribution in [3.63, 3.8) is 0 Å². The van der Waals surface area contributed by atoms with E-state index in [1.54, 1.807) is 11.3 Å². The highest BCUT2D eigenvalue weighted by molar-refractivity contribution is 7.80. The van der Waals surface area contributed by atoms with Gasteiger partial charge in [0.1, 0.15) is 0 Å². The molecule has 0 radical (unpaired) electrons. The Bertz CT molecular complexity index is 480. The topological polar surface area (TPSA) is 50.4 Å². The zero-order valence-electron chi connectivity index (χ0n) is 9.44. The molecule has 1 atom stereocenters. The number of methoxy groups -OCH3 is 1. The lowest BCUT2D eigenvalue weighted by molar-refractivity contribution is -0.136. The molecule has 0 spiro atoms. The molecule has 1 aliphatic heterocycles. The SMILES string of the molecule is COC(=O)C1=C(C)NC(=S)N[C@@H]1c1cccs1. The molecule has 1 aromatic rings. The third kappa shape index (κ3) is 2.32. The molecule has 0 unspecified atom stereocenters. The molecule has 1 aliphatic rings. The highest BCUT2D eigenvalue weighted by Gasteiger charge is 2.30. The maximum absolute atomic E-state index is 11.8. The van der Waals surface area contributed by atoms with Gasteiger partial charge in [-0.3, -0.25) is 0 Å². The predicted molar refractivity (Wildman–Crippen MR) is 70.6 cm³/mol. The third-order valence-electron chi connectivity index (χ3n) is 2.50. The van der Waals surface area contributed by atoms with E-state index in [4.69, 9.17) is 17.0 Å². The molecule has 0 aliphatic carbocycles. The Balaban J connectivity index is 2.44. The van der Waals surface area contributed by atoms with Crippen LogP contribution in [0.2, 0.25) is 0 Å². The molecule has 0 saturated carbocycles. The molecule has 0 bridgehead atoms. The van der Waals surface area contributed by atoms with E-state index in [2.05, 4.69) is 10.6 Å². The molecular weight excluding hydrogens is 256 g/mol. The number of esters is 1. The fourth-order valence-corrected chi connectivity index (χ4v) is 2.80. The minimum absolute atomic E-state index is 0.226. The second kappa shape index (κ2) is 4.85. The van der Waals surface area contributed by atoms with Crippen molar-refractivity contribution in [1.82, 2.24) is 10.6 Å². The molecule has 17 heavy (non-hydrogen) atoms. The first-order valence-electron chi connectivity index (χ1n) is 5.03. The van der Waals surface area contributed by atoms with Gasteiger partial charge in [-0.05, 0) is 30.6 Å². The van der Waals surface area contributed by atoms with Crippen LogP contribution in [0.5, 0.6) is 0 Å². The standard InChI is InChI=1S/C11H12N2O2S2/c1-6-8(10(14)15-2)9(13-11(16)12-6)7-4-3-5-17-7/h3-5,9H,1-2H3,(H2,12,13,16)/t9-/m1/s1. The number of thiocarbonyl (C=S) groups is 1. The number of thiophene rings is 1. The van der Waals surface area contributed by atoms with Gasteiger partial charge in [-0.1, -0.05) is 6.07 Å². The van der Waals surface area contributed by atoms with Crippen molar-refractivity contribution < 1.29 is 9.53 Å². The third-order valence-corrected chi connectivity index (χ3v) is 3.66. The van der Waals surface area contributed by atoms with Gasteiger partial charge in [0.2, 0.25) is 0 Å². The van der Waals surface area contributed by atoms with E-state index in [1.807, 2.05) is 24.4 Å². The number of carbonyl (C=O) groups excluding carboxylic acids is 1. The first kappa shape index (κ1) is 12.1. The van der Waals surface area contributed by atoms with Gasteiger partial charge in [0, 0.05) is 10.6 Å². The van der Waals surface area contributed by atoms with Gasteiger partial charge < -0.3 is 15.4 Å². The maximum atomic E-state index is 11.8. The highest BCUT2D eigenvalue weighted by Crippen LogP contribution is 2.30. The summed E-state index contributed by atoms with van der Waals surface area (Å²) >= 11 is 6.68. The molecule has 0 aromatic carbocycles. The number of allylic oxidation sites excluding steroid dienone is 1. The minimum Gasteiger partial charge on any atom is -0.466 e. The van der Waals surface area contributed by atoms with Crippen molar-refractivity contribution in [3.8, 4) is 0 Å². The average Bonchev–Trinajstić information content (AvgIpc) is 2.80. The Hall–Kier alpha value is -1.40. The van der Waals surface area contributed by atoms with Crippen molar-refractivity contribution >= 4 is 34.6 Å². The van der Waals surface area contributed by atoms with Crippen LogP contribution in [0.1, 0.15) is 17.8 Å². The highest BCUT2D eigenvalue weighted by atomic mass is 32.1. The lowest BCUT2D eigenvalue weighted by Gasteiger charge is -2.28. The van der Waals surface area contributed by atoms with E-state index in [9.17, 15) is 4.79 Å². The number of hydrogen-bond acceptors (Lipinski definition) is 4. The van der Waals surface area contributed by atoms with Crippen LogP contribution in [0, 0.1) is 0 Å². The molecule has 0 saturated heterocycles. The Morgan fingerprint density at radius 3 is 2.94 bits per heavy atom. The quantitative estimate of drug-likeness (QED) is 0.632. The van der Waals surface area contributed by atoms with Gasteiger partial charge in [0.05, 0.1) is 18.7 Å². The smallest absolute Gasteiger partial charge is 0.337 e. The Morgan fingerprint density at radius 2 is 2.35 bits per heavy atom. The van der Waals surface area contributed by atoms with Gasteiger partial charge in [0.25, 0.3) is 0 Å². The molecular formula is C11H12N2O2S2. The van der Waals surface area contributed by atoms with Crippen LogP contribution >= 0.6 is 23.6 Å². The first-order chi connectivity index (χ1) is 8.13. The number of carbonyl (C=O) groups is 1. The summed E-state index contributed by atoms with van der Waals surface area (Å²) < 4.78 is 4.81.